The average molecular weight is 372 g/mol. The summed E-state index contributed by atoms with van der Waals surface area (Å²) < 4.78 is 23.2. The van der Waals surface area contributed by atoms with Crippen molar-refractivity contribution in [2.45, 2.75) is 18.9 Å². The SMILES string of the molecule is CN(C(=O)CNc1ccccc1Cc1ccccc1)[C@H]1CCS(=O)(=O)C1. The Morgan fingerprint density at radius 3 is 2.50 bits per heavy atom. The van der Waals surface area contributed by atoms with Crippen LogP contribution in [0.25, 0.3) is 0 Å². The van der Waals surface area contributed by atoms with Gasteiger partial charge in [-0.25, -0.2) is 8.42 Å². The Morgan fingerprint density at radius 1 is 1.12 bits per heavy atom. The molecule has 2 aromatic rings. The minimum Gasteiger partial charge on any atom is -0.376 e. The number of para-hydroxylation sites is 1. The summed E-state index contributed by atoms with van der Waals surface area (Å²) >= 11 is 0. The molecule has 3 rings (SSSR count). The zero-order chi connectivity index (χ0) is 18.6. The summed E-state index contributed by atoms with van der Waals surface area (Å²) in [6.45, 7) is 0.152. The number of rotatable bonds is 6. The molecule has 1 aliphatic heterocycles. The summed E-state index contributed by atoms with van der Waals surface area (Å²) in [5.74, 6) is 0.143. The number of benzene rings is 2. The Bertz CT molecular complexity index is 866. The number of anilines is 1. The Hall–Kier alpha value is -2.34. The number of nitrogens with one attached hydrogen (secondary N) is 1. The van der Waals surface area contributed by atoms with Gasteiger partial charge >= 0.3 is 0 Å². The van der Waals surface area contributed by atoms with Crippen LogP contribution in [0.15, 0.2) is 54.6 Å². The second kappa shape index (κ2) is 7.91. The minimum atomic E-state index is -3.00. The lowest BCUT2D eigenvalue weighted by Gasteiger charge is -2.24. The van der Waals surface area contributed by atoms with E-state index in [-0.39, 0.29) is 30.0 Å². The van der Waals surface area contributed by atoms with Gasteiger partial charge in [0, 0.05) is 18.8 Å². The lowest BCUT2D eigenvalue weighted by atomic mass is 10.0. The number of carbonyl (C=O) groups excluding carboxylic acids is 1. The van der Waals surface area contributed by atoms with Crippen molar-refractivity contribution in [3.05, 3.63) is 65.7 Å². The van der Waals surface area contributed by atoms with Crippen LogP contribution in [-0.2, 0) is 21.1 Å². The molecular weight excluding hydrogens is 348 g/mol. The molecule has 2 aromatic carbocycles. The Labute approximate surface area is 154 Å². The maximum Gasteiger partial charge on any atom is 0.241 e. The number of carbonyl (C=O) groups is 1. The van der Waals surface area contributed by atoms with Gasteiger partial charge in [-0.1, -0.05) is 48.5 Å². The van der Waals surface area contributed by atoms with Crippen molar-refractivity contribution in [1.29, 1.82) is 0 Å². The zero-order valence-corrected chi connectivity index (χ0v) is 15.7. The van der Waals surface area contributed by atoms with Crippen LogP contribution in [0.2, 0.25) is 0 Å². The van der Waals surface area contributed by atoms with E-state index in [1.54, 1.807) is 11.9 Å². The second-order valence-corrected chi connectivity index (χ2v) is 8.96. The first-order chi connectivity index (χ1) is 12.4. The smallest absolute Gasteiger partial charge is 0.241 e. The van der Waals surface area contributed by atoms with Crippen LogP contribution < -0.4 is 5.32 Å². The summed E-state index contributed by atoms with van der Waals surface area (Å²) in [5, 5.41) is 3.22. The standard InChI is InChI=1S/C20H24N2O3S/c1-22(18-11-12-26(24,25)15-18)20(23)14-21-19-10-6-5-9-17(19)13-16-7-3-2-4-8-16/h2-10,18,21H,11-15H2,1H3/t18-/m0/s1. The molecule has 1 heterocycles. The highest BCUT2D eigenvalue weighted by atomic mass is 32.2. The maximum absolute atomic E-state index is 12.5. The van der Waals surface area contributed by atoms with Crippen molar-refractivity contribution in [1.82, 2.24) is 4.90 Å². The molecule has 1 aliphatic rings. The third kappa shape index (κ3) is 4.64. The maximum atomic E-state index is 12.5. The number of hydrogen-bond acceptors (Lipinski definition) is 4. The molecule has 5 nitrogen and oxygen atoms in total. The molecule has 0 aromatic heterocycles. The molecule has 0 bridgehead atoms. The van der Waals surface area contributed by atoms with Crippen molar-refractivity contribution in [2.24, 2.45) is 0 Å². The fourth-order valence-electron chi connectivity index (χ4n) is 3.24. The Kier molecular flexibility index (Phi) is 5.61. The van der Waals surface area contributed by atoms with E-state index in [1.165, 1.54) is 5.56 Å². The molecule has 6 heteroatoms. The van der Waals surface area contributed by atoms with Gasteiger partial charge in [-0.15, -0.1) is 0 Å². The van der Waals surface area contributed by atoms with E-state index in [2.05, 4.69) is 17.4 Å². The first-order valence-electron chi connectivity index (χ1n) is 8.76. The first kappa shape index (κ1) is 18.5. The number of hydrogen-bond donors (Lipinski definition) is 1. The van der Waals surface area contributed by atoms with E-state index in [9.17, 15) is 13.2 Å². The first-order valence-corrected chi connectivity index (χ1v) is 10.6. The predicted octanol–water partition coefficient (Wildman–Crippen LogP) is 2.33. The zero-order valence-electron chi connectivity index (χ0n) is 14.9. The molecule has 26 heavy (non-hydrogen) atoms. The van der Waals surface area contributed by atoms with Gasteiger partial charge in [0.05, 0.1) is 18.1 Å². The van der Waals surface area contributed by atoms with Gasteiger partial charge in [-0.2, -0.15) is 0 Å². The molecule has 0 unspecified atom stereocenters. The molecule has 0 spiro atoms. The summed E-state index contributed by atoms with van der Waals surface area (Å²) in [7, 11) is -1.31. The highest BCUT2D eigenvalue weighted by Gasteiger charge is 2.32. The monoisotopic (exact) mass is 372 g/mol. The van der Waals surface area contributed by atoms with Crippen LogP contribution in [0.3, 0.4) is 0 Å². The number of sulfone groups is 1. The van der Waals surface area contributed by atoms with Crippen LogP contribution in [0.4, 0.5) is 5.69 Å². The predicted molar refractivity (Wildman–Crippen MR) is 104 cm³/mol. The quantitative estimate of drug-likeness (QED) is 0.845. The van der Waals surface area contributed by atoms with Crippen molar-refractivity contribution in [2.75, 3.05) is 30.4 Å². The number of amides is 1. The minimum absolute atomic E-state index is 0.0693. The molecule has 1 amide bonds. The van der Waals surface area contributed by atoms with Gasteiger partial charge in [0.25, 0.3) is 0 Å². The van der Waals surface area contributed by atoms with Crippen LogP contribution in [-0.4, -0.2) is 50.4 Å². The summed E-state index contributed by atoms with van der Waals surface area (Å²) in [6.07, 6.45) is 1.31. The van der Waals surface area contributed by atoms with Crippen molar-refractivity contribution < 1.29 is 13.2 Å². The fraction of sp³-hybridized carbons (Fsp3) is 0.350. The average Bonchev–Trinajstić information content (AvgIpc) is 3.01. The lowest BCUT2D eigenvalue weighted by molar-refractivity contribution is -0.129. The van der Waals surface area contributed by atoms with Gasteiger partial charge in [-0.3, -0.25) is 4.79 Å². The van der Waals surface area contributed by atoms with Gasteiger partial charge in [0.15, 0.2) is 9.84 Å². The van der Waals surface area contributed by atoms with Gasteiger partial charge in [-0.05, 0) is 30.0 Å². The Balaban J connectivity index is 1.62. The second-order valence-electron chi connectivity index (χ2n) is 6.73. The van der Waals surface area contributed by atoms with Gasteiger partial charge in [0.2, 0.25) is 5.91 Å². The van der Waals surface area contributed by atoms with Crippen LogP contribution >= 0.6 is 0 Å². The molecule has 1 fully saturated rings. The largest absolute Gasteiger partial charge is 0.376 e. The van der Waals surface area contributed by atoms with Crippen LogP contribution in [0.1, 0.15) is 17.5 Å². The van der Waals surface area contributed by atoms with E-state index < -0.39 is 9.84 Å². The van der Waals surface area contributed by atoms with Gasteiger partial charge in [0.1, 0.15) is 0 Å². The topological polar surface area (TPSA) is 66.5 Å². The number of nitrogens with zero attached hydrogens (tertiary/aromatic N) is 1. The molecule has 0 radical (unpaired) electrons. The van der Waals surface area contributed by atoms with Gasteiger partial charge < -0.3 is 10.2 Å². The summed E-state index contributed by atoms with van der Waals surface area (Å²) in [4.78, 5) is 14.0. The molecule has 1 saturated heterocycles. The van der Waals surface area contributed by atoms with Crippen molar-refractivity contribution in [3.63, 3.8) is 0 Å². The van der Waals surface area contributed by atoms with E-state index >= 15 is 0 Å². The third-order valence-corrected chi connectivity index (χ3v) is 6.58. The summed E-state index contributed by atoms with van der Waals surface area (Å²) in [5.41, 5.74) is 3.26. The van der Waals surface area contributed by atoms with E-state index in [1.807, 2.05) is 42.5 Å². The highest BCUT2D eigenvalue weighted by Crippen LogP contribution is 2.20. The molecule has 1 N–H and O–H groups in total. The molecule has 1 atom stereocenters. The van der Waals surface area contributed by atoms with E-state index in [0.717, 1.165) is 17.7 Å². The molecular formula is C20H24N2O3S. The van der Waals surface area contributed by atoms with E-state index in [0.29, 0.717) is 6.42 Å². The molecule has 0 saturated carbocycles. The van der Waals surface area contributed by atoms with E-state index in [4.69, 9.17) is 0 Å². The van der Waals surface area contributed by atoms with Crippen LogP contribution in [0.5, 0.6) is 0 Å². The Morgan fingerprint density at radius 2 is 1.81 bits per heavy atom. The van der Waals surface area contributed by atoms with Crippen LogP contribution in [0, 0.1) is 0 Å². The highest BCUT2D eigenvalue weighted by molar-refractivity contribution is 7.91. The summed E-state index contributed by atoms with van der Waals surface area (Å²) in [6, 6.07) is 17.9. The van der Waals surface area contributed by atoms with Crippen molar-refractivity contribution in [3.8, 4) is 0 Å². The third-order valence-electron chi connectivity index (χ3n) is 4.83. The lowest BCUT2D eigenvalue weighted by Crippen LogP contribution is -2.41. The fourth-order valence-corrected chi connectivity index (χ4v) is 5.02. The number of likely N-dealkylation sites (N-methyl/N-ethyl adjacent to an activating group) is 1. The molecule has 0 aliphatic carbocycles. The normalized spacial score (nSPS) is 18.4. The molecule has 138 valence electrons. The van der Waals surface area contributed by atoms with Crippen molar-refractivity contribution >= 4 is 21.4 Å².